The van der Waals surface area contributed by atoms with Crippen molar-refractivity contribution in [1.29, 1.82) is 0 Å². The molecular weight excluding hydrogens is 404 g/mol. The largest absolute Gasteiger partial charge is 0.322 e. The summed E-state index contributed by atoms with van der Waals surface area (Å²) in [5.41, 5.74) is 1.68. The monoisotopic (exact) mass is 426 g/mol. The van der Waals surface area contributed by atoms with Gasteiger partial charge in [-0.3, -0.25) is 4.79 Å². The lowest BCUT2D eigenvalue weighted by atomic mass is 10.1. The zero-order valence-corrected chi connectivity index (χ0v) is 18.1. The first-order valence-corrected chi connectivity index (χ1v) is 11.2. The van der Waals surface area contributed by atoms with E-state index in [2.05, 4.69) is 23.9 Å². The van der Waals surface area contributed by atoms with Crippen LogP contribution >= 0.6 is 23.4 Å². The number of benzene rings is 2. The summed E-state index contributed by atoms with van der Waals surface area (Å²) in [5.74, 6) is -0.460. The molecule has 0 aliphatic carbocycles. The highest BCUT2D eigenvalue weighted by atomic mass is 35.5. The highest BCUT2D eigenvalue weighted by molar-refractivity contribution is 7.99. The summed E-state index contributed by atoms with van der Waals surface area (Å²) in [5, 5.41) is 3.51. The van der Waals surface area contributed by atoms with Crippen LogP contribution in [-0.4, -0.2) is 26.6 Å². The quantitative estimate of drug-likeness (QED) is 0.629. The first-order chi connectivity index (χ1) is 12.7. The fourth-order valence-corrected chi connectivity index (χ4v) is 4.30. The standard InChI is InChI=1S/C19H23ClN2O3S2/c1-5-13(3)26-14-6-9-18(12(2)10-14)22-19(23)16-11-15(7-8-17(16)20)27(24,25)21-4/h6-11,13,21H,5H2,1-4H3,(H,22,23). The van der Waals surface area contributed by atoms with Gasteiger partial charge in [-0.1, -0.05) is 25.4 Å². The number of aryl methyl sites for hydroxylation is 1. The van der Waals surface area contributed by atoms with Gasteiger partial charge >= 0.3 is 0 Å². The lowest BCUT2D eigenvalue weighted by Gasteiger charge is -2.13. The van der Waals surface area contributed by atoms with Crippen LogP contribution in [0.15, 0.2) is 46.2 Å². The second kappa shape index (κ2) is 9.10. The van der Waals surface area contributed by atoms with Crippen molar-refractivity contribution in [1.82, 2.24) is 4.72 Å². The number of amides is 1. The predicted octanol–water partition coefficient (Wildman–Crippen LogP) is 4.70. The van der Waals surface area contributed by atoms with E-state index in [1.54, 1.807) is 11.8 Å². The van der Waals surface area contributed by atoms with Crippen LogP contribution in [0.25, 0.3) is 0 Å². The van der Waals surface area contributed by atoms with Gasteiger partial charge in [0, 0.05) is 15.8 Å². The van der Waals surface area contributed by atoms with Gasteiger partial charge in [0.2, 0.25) is 10.0 Å². The number of hydrogen-bond donors (Lipinski definition) is 2. The number of thioether (sulfide) groups is 1. The van der Waals surface area contributed by atoms with E-state index in [0.717, 1.165) is 16.9 Å². The smallest absolute Gasteiger partial charge is 0.257 e. The van der Waals surface area contributed by atoms with Crippen LogP contribution < -0.4 is 10.0 Å². The average Bonchev–Trinajstić information content (AvgIpc) is 2.63. The number of nitrogens with one attached hydrogen (secondary N) is 2. The van der Waals surface area contributed by atoms with E-state index in [4.69, 9.17) is 11.6 Å². The van der Waals surface area contributed by atoms with E-state index in [1.165, 1.54) is 25.2 Å². The Kier molecular flexibility index (Phi) is 7.33. The van der Waals surface area contributed by atoms with Crippen molar-refractivity contribution in [2.24, 2.45) is 0 Å². The van der Waals surface area contributed by atoms with Gasteiger partial charge in [-0.2, -0.15) is 0 Å². The van der Waals surface area contributed by atoms with Crippen molar-refractivity contribution >= 4 is 45.0 Å². The molecule has 0 aromatic heterocycles. The molecule has 0 radical (unpaired) electrons. The Labute approximate surface area is 169 Å². The normalized spacial score (nSPS) is 12.6. The Hall–Kier alpha value is -1.54. The molecule has 0 bridgehead atoms. The molecule has 1 atom stereocenters. The summed E-state index contributed by atoms with van der Waals surface area (Å²) in [4.78, 5) is 13.8. The maximum absolute atomic E-state index is 12.6. The van der Waals surface area contributed by atoms with Gasteiger partial charge < -0.3 is 5.32 Å². The van der Waals surface area contributed by atoms with E-state index in [-0.39, 0.29) is 15.5 Å². The Morgan fingerprint density at radius 1 is 1.22 bits per heavy atom. The number of rotatable bonds is 7. The fraction of sp³-hybridized carbons (Fsp3) is 0.316. The summed E-state index contributed by atoms with van der Waals surface area (Å²) in [6, 6.07) is 9.86. The SMILES string of the molecule is CCC(C)Sc1ccc(NC(=O)c2cc(S(=O)(=O)NC)ccc2Cl)c(C)c1. The lowest BCUT2D eigenvalue weighted by Crippen LogP contribution is -2.20. The maximum Gasteiger partial charge on any atom is 0.257 e. The summed E-state index contributed by atoms with van der Waals surface area (Å²) < 4.78 is 26.1. The number of carbonyl (C=O) groups is 1. The molecule has 1 unspecified atom stereocenters. The van der Waals surface area contributed by atoms with Crippen molar-refractivity contribution in [3.8, 4) is 0 Å². The number of halogens is 1. The number of hydrogen-bond acceptors (Lipinski definition) is 4. The molecular formula is C19H23ClN2O3S2. The molecule has 0 aliphatic heterocycles. The molecule has 2 rings (SSSR count). The third kappa shape index (κ3) is 5.48. The van der Waals surface area contributed by atoms with Crippen LogP contribution in [-0.2, 0) is 10.0 Å². The minimum absolute atomic E-state index is 0.0171. The van der Waals surface area contributed by atoms with E-state index in [9.17, 15) is 13.2 Å². The van der Waals surface area contributed by atoms with E-state index >= 15 is 0 Å². The van der Waals surface area contributed by atoms with E-state index in [1.807, 2.05) is 25.1 Å². The molecule has 8 heteroatoms. The van der Waals surface area contributed by atoms with Crippen molar-refractivity contribution in [2.75, 3.05) is 12.4 Å². The first kappa shape index (κ1) is 21.8. The number of anilines is 1. The molecule has 0 aliphatic rings. The van der Waals surface area contributed by atoms with Crippen LogP contribution in [0.3, 0.4) is 0 Å². The van der Waals surface area contributed by atoms with Crippen LogP contribution in [0.1, 0.15) is 36.2 Å². The van der Waals surface area contributed by atoms with Crippen LogP contribution in [0.2, 0.25) is 5.02 Å². The molecule has 0 saturated carbocycles. The molecule has 2 N–H and O–H groups in total. The van der Waals surface area contributed by atoms with Crippen LogP contribution in [0.5, 0.6) is 0 Å². The average molecular weight is 427 g/mol. The van der Waals surface area contributed by atoms with Crippen molar-refractivity contribution in [3.05, 3.63) is 52.5 Å². The Morgan fingerprint density at radius 3 is 2.52 bits per heavy atom. The van der Waals surface area contributed by atoms with E-state index in [0.29, 0.717) is 10.9 Å². The second-order valence-corrected chi connectivity index (χ2v) is 9.92. The Morgan fingerprint density at radius 2 is 1.93 bits per heavy atom. The van der Waals surface area contributed by atoms with Crippen molar-refractivity contribution in [2.45, 2.75) is 42.2 Å². The highest BCUT2D eigenvalue weighted by Crippen LogP contribution is 2.29. The molecule has 0 spiro atoms. The van der Waals surface area contributed by atoms with Crippen molar-refractivity contribution in [3.63, 3.8) is 0 Å². The van der Waals surface area contributed by atoms with Gasteiger partial charge in [-0.25, -0.2) is 13.1 Å². The molecule has 5 nitrogen and oxygen atoms in total. The zero-order chi connectivity index (χ0) is 20.2. The van der Waals surface area contributed by atoms with Gasteiger partial charge in [-0.05, 0) is 62.4 Å². The third-order valence-corrected chi connectivity index (χ3v) is 7.12. The summed E-state index contributed by atoms with van der Waals surface area (Å²) >= 11 is 7.89. The zero-order valence-electron chi connectivity index (χ0n) is 15.7. The van der Waals surface area contributed by atoms with Crippen molar-refractivity contribution < 1.29 is 13.2 Å². The Balaban J connectivity index is 2.26. The maximum atomic E-state index is 12.6. The molecule has 27 heavy (non-hydrogen) atoms. The topological polar surface area (TPSA) is 75.3 Å². The number of carbonyl (C=O) groups excluding carboxylic acids is 1. The molecule has 0 saturated heterocycles. The third-order valence-electron chi connectivity index (χ3n) is 4.12. The fourth-order valence-electron chi connectivity index (χ4n) is 2.32. The van der Waals surface area contributed by atoms with Gasteiger partial charge in [0.05, 0.1) is 15.5 Å². The van der Waals surface area contributed by atoms with Gasteiger partial charge in [0.1, 0.15) is 0 Å². The highest BCUT2D eigenvalue weighted by Gasteiger charge is 2.18. The summed E-state index contributed by atoms with van der Waals surface area (Å²) in [7, 11) is -2.35. The summed E-state index contributed by atoms with van der Waals surface area (Å²) in [6.45, 7) is 6.23. The molecule has 146 valence electrons. The Bertz CT molecular complexity index is 946. The molecule has 0 fully saturated rings. The van der Waals surface area contributed by atoms with Crippen LogP contribution in [0, 0.1) is 6.92 Å². The van der Waals surface area contributed by atoms with Gasteiger partial charge in [0.25, 0.3) is 5.91 Å². The second-order valence-electron chi connectivity index (χ2n) is 6.12. The molecule has 1 amide bonds. The van der Waals surface area contributed by atoms with Gasteiger partial charge in [0.15, 0.2) is 0 Å². The molecule has 2 aromatic carbocycles. The predicted molar refractivity (Wildman–Crippen MR) is 112 cm³/mol. The molecule has 0 heterocycles. The summed E-state index contributed by atoms with van der Waals surface area (Å²) in [6.07, 6.45) is 1.08. The lowest BCUT2D eigenvalue weighted by molar-refractivity contribution is 0.102. The van der Waals surface area contributed by atoms with Gasteiger partial charge in [-0.15, -0.1) is 11.8 Å². The molecule has 2 aromatic rings. The van der Waals surface area contributed by atoms with E-state index < -0.39 is 15.9 Å². The first-order valence-electron chi connectivity index (χ1n) is 8.49. The minimum atomic E-state index is -3.66. The van der Waals surface area contributed by atoms with Crippen LogP contribution in [0.4, 0.5) is 5.69 Å². The minimum Gasteiger partial charge on any atom is -0.322 e. The number of sulfonamides is 1.